The maximum atomic E-state index is 10.7. The van der Waals surface area contributed by atoms with Crippen molar-refractivity contribution >= 4 is 11.9 Å². The van der Waals surface area contributed by atoms with Crippen molar-refractivity contribution in [1.82, 2.24) is 0 Å². The average molecular weight is 455 g/mol. The zero-order valence-electron chi connectivity index (χ0n) is 17.4. The van der Waals surface area contributed by atoms with Crippen LogP contribution in [0.25, 0.3) is 0 Å². The molecule has 0 aliphatic rings. The SMILES string of the molecule is CCCCCC(C)(CC)C(=O)[O-].CCCCCC(C)(CC)C(=O)[O-].[Cd+2]. The Bertz CT molecular complexity index is 326. The minimum atomic E-state index is -0.902. The van der Waals surface area contributed by atoms with E-state index in [1.165, 1.54) is 0 Å². The van der Waals surface area contributed by atoms with Crippen LogP contribution in [-0.2, 0) is 36.9 Å². The Morgan fingerprint density at radius 3 is 1.12 bits per heavy atom. The molecular formula is C20H38CdO4. The van der Waals surface area contributed by atoms with Crippen LogP contribution in [-0.4, -0.2) is 11.9 Å². The zero-order chi connectivity index (χ0) is 19.2. The maximum absolute atomic E-state index is 10.7. The van der Waals surface area contributed by atoms with Crippen LogP contribution in [0.3, 0.4) is 0 Å². The second-order valence-corrected chi connectivity index (χ2v) is 7.32. The van der Waals surface area contributed by atoms with E-state index in [1.54, 1.807) is 13.8 Å². The van der Waals surface area contributed by atoms with Crippen LogP contribution < -0.4 is 10.2 Å². The molecular weight excluding hydrogens is 417 g/mol. The normalized spacial score (nSPS) is 15.0. The quantitative estimate of drug-likeness (QED) is 0.334. The molecule has 0 heterocycles. The van der Waals surface area contributed by atoms with Crippen LogP contribution in [0.4, 0.5) is 0 Å². The molecule has 2 atom stereocenters. The number of rotatable bonds is 12. The van der Waals surface area contributed by atoms with E-state index in [4.69, 9.17) is 0 Å². The summed E-state index contributed by atoms with van der Waals surface area (Å²) in [6.07, 6.45) is 9.31. The Morgan fingerprint density at radius 1 is 0.680 bits per heavy atom. The second-order valence-electron chi connectivity index (χ2n) is 7.32. The van der Waals surface area contributed by atoms with Crippen LogP contribution in [0, 0.1) is 10.8 Å². The summed E-state index contributed by atoms with van der Waals surface area (Å²) in [6, 6.07) is 0. The number of hydrogen-bond donors (Lipinski definition) is 0. The van der Waals surface area contributed by atoms with Gasteiger partial charge in [0.2, 0.25) is 0 Å². The first-order valence-corrected chi connectivity index (χ1v) is 9.56. The number of carboxylic acids is 2. The Hall–Kier alpha value is -0.138. The number of aliphatic carboxylic acids is 2. The molecule has 5 heteroatoms. The van der Waals surface area contributed by atoms with Crippen molar-refractivity contribution in [2.24, 2.45) is 10.8 Å². The summed E-state index contributed by atoms with van der Waals surface area (Å²) in [6.45, 7) is 11.6. The van der Waals surface area contributed by atoms with Gasteiger partial charge in [-0.25, -0.2) is 0 Å². The first-order valence-electron chi connectivity index (χ1n) is 9.56. The Kier molecular flexibility index (Phi) is 19.0. The predicted molar refractivity (Wildman–Crippen MR) is 95.1 cm³/mol. The number of hydrogen-bond acceptors (Lipinski definition) is 4. The third-order valence-corrected chi connectivity index (χ3v) is 5.21. The molecule has 0 bridgehead atoms. The number of carbonyl (C=O) groups excluding carboxylic acids is 2. The molecule has 144 valence electrons. The molecule has 0 N–H and O–H groups in total. The molecule has 0 aromatic rings. The van der Waals surface area contributed by atoms with Crippen molar-refractivity contribution in [3.63, 3.8) is 0 Å². The van der Waals surface area contributed by atoms with E-state index in [0.29, 0.717) is 12.8 Å². The number of unbranched alkanes of at least 4 members (excludes halogenated alkanes) is 4. The molecule has 2 unspecified atom stereocenters. The molecule has 0 aliphatic carbocycles. The Morgan fingerprint density at radius 2 is 0.960 bits per heavy atom. The molecule has 0 amide bonds. The molecule has 25 heavy (non-hydrogen) atoms. The Balaban J connectivity index is -0.000000372. The summed E-state index contributed by atoms with van der Waals surface area (Å²) in [5.41, 5.74) is -1.20. The molecule has 4 nitrogen and oxygen atoms in total. The van der Waals surface area contributed by atoms with Crippen LogP contribution in [0.15, 0.2) is 0 Å². The molecule has 0 saturated heterocycles. The van der Waals surface area contributed by atoms with Gasteiger partial charge in [-0.3, -0.25) is 0 Å². The fourth-order valence-electron chi connectivity index (χ4n) is 2.38. The molecule has 0 aliphatic heterocycles. The molecule has 0 spiro atoms. The van der Waals surface area contributed by atoms with Crippen molar-refractivity contribution in [3.05, 3.63) is 0 Å². The van der Waals surface area contributed by atoms with Crippen LogP contribution in [0.5, 0.6) is 0 Å². The van der Waals surface area contributed by atoms with Crippen molar-refractivity contribution < 1.29 is 47.1 Å². The van der Waals surface area contributed by atoms with Gasteiger partial charge in [0.1, 0.15) is 0 Å². The first kappa shape index (κ1) is 29.6. The van der Waals surface area contributed by atoms with Crippen molar-refractivity contribution in [2.45, 2.75) is 106 Å². The summed E-state index contributed by atoms with van der Waals surface area (Å²) in [4.78, 5) is 21.5. The minimum absolute atomic E-state index is 0. The molecule has 0 fully saturated rings. The van der Waals surface area contributed by atoms with E-state index in [1.807, 2.05) is 13.8 Å². The van der Waals surface area contributed by atoms with Gasteiger partial charge < -0.3 is 19.8 Å². The largest absolute Gasteiger partial charge is 2.00 e. The summed E-state index contributed by atoms with van der Waals surface area (Å²) >= 11 is 0. The number of carbonyl (C=O) groups is 2. The standard InChI is InChI=1S/2C10H20O2.Cd/c2*1-4-6-7-8-10(3,5-2)9(11)12;/h2*4-8H2,1-3H3,(H,11,12);/q;;+2/p-2. The zero-order valence-corrected chi connectivity index (χ0v) is 21.4. The van der Waals surface area contributed by atoms with Gasteiger partial charge in [0, 0.05) is 22.8 Å². The summed E-state index contributed by atoms with van der Waals surface area (Å²) in [7, 11) is 0. The van der Waals surface area contributed by atoms with Gasteiger partial charge in [0.25, 0.3) is 0 Å². The van der Waals surface area contributed by atoms with Gasteiger partial charge in [-0.1, -0.05) is 80.1 Å². The summed E-state index contributed by atoms with van der Waals surface area (Å²) < 4.78 is 0. The summed E-state index contributed by atoms with van der Waals surface area (Å²) in [5, 5.41) is 21.5. The van der Waals surface area contributed by atoms with E-state index < -0.39 is 22.8 Å². The summed E-state index contributed by atoms with van der Waals surface area (Å²) in [5.74, 6) is -1.80. The van der Waals surface area contributed by atoms with Crippen LogP contribution >= 0.6 is 0 Å². The molecule has 0 radical (unpaired) electrons. The maximum Gasteiger partial charge on any atom is 2.00 e. The Labute approximate surface area is 175 Å². The van der Waals surface area contributed by atoms with Gasteiger partial charge in [0.15, 0.2) is 0 Å². The molecule has 0 aromatic heterocycles. The molecule has 0 rings (SSSR count). The van der Waals surface area contributed by atoms with E-state index >= 15 is 0 Å². The van der Waals surface area contributed by atoms with Gasteiger partial charge in [-0.05, 0) is 25.7 Å². The third-order valence-electron chi connectivity index (χ3n) is 5.21. The second kappa shape index (κ2) is 16.1. The average Bonchev–Trinajstić information content (AvgIpc) is 2.55. The smallest absolute Gasteiger partial charge is 0.550 e. The minimum Gasteiger partial charge on any atom is -0.550 e. The number of carboxylic acid groups (broad SMARTS) is 2. The third kappa shape index (κ3) is 12.8. The van der Waals surface area contributed by atoms with E-state index in [-0.39, 0.29) is 27.3 Å². The van der Waals surface area contributed by atoms with Gasteiger partial charge in [0.05, 0.1) is 0 Å². The fourth-order valence-corrected chi connectivity index (χ4v) is 2.38. The van der Waals surface area contributed by atoms with E-state index in [2.05, 4.69) is 13.8 Å². The predicted octanol–water partition coefficient (Wildman–Crippen LogP) is 3.46. The molecule has 0 saturated carbocycles. The topological polar surface area (TPSA) is 80.3 Å². The van der Waals surface area contributed by atoms with Crippen molar-refractivity contribution in [3.8, 4) is 0 Å². The van der Waals surface area contributed by atoms with Crippen molar-refractivity contribution in [1.29, 1.82) is 0 Å². The fraction of sp³-hybridized carbons (Fsp3) is 0.900. The van der Waals surface area contributed by atoms with Gasteiger partial charge in [-0.2, -0.15) is 0 Å². The monoisotopic (exact) mass is 456 g/mol. The van der Waals surface area contributed by atoms with Crippen molar-refractivity contribution in [2.75, 3.05) is 0 Å². The van der Waals surface area contributed by atoms with Gasteiger partial charge in [-0.15, -0.1) is 0 Å². The van der Waals surface area contributed by atoms with E-state index in [9.17, 15) is 19.8 Å². The van der Waals surface area contributed by atoms with E-state index in [0.717, 1.165) is 51.4 Å². The first-order chi connectivity index (χ1) is 11.1. The molecule has 0 aromatic carbocycles. The van der Waals surface area contributed by atoms with Gasteiger partial charge >= 0.3 is 27.3 Å². The van der Waals surface area contributed by atoms with Crippen LogP contribution in [0.2, 0.25) is 0 Å². The van der Waals surface area contributed by atoms with Crippen LogP contribution in [0.1, 0.15) is 106 Å².